The zero-order valence-corrected chi connectivity index (χ0v) is 17.0. The van der Waals surface area contributed by atoms with E-state index in [1.807, 2.05) is 27.7 Å². The highest BCUT2D eigenvalue weighted by Crippen LogP contribution is 2.34. The Bertz CT molecular complexity index is 815. The molecule has 2 amide bonds. The fourth-order valence-electron chi connectivity index (χ4n) is 2.52. The third-order valence-electron chi connectivity index (χ3n) is 3.59. The molecule has 0 bridgehead atoms. The summed E-state index contributed by atoms with van der Waals surface area (Å²) in [7, 11) is 0. The van der Waals surface area contributed by atoms with Crippen molar-refractivity contribution in [2.24, 2.45) is 5.73 Å². The van der Waals surface area contributed by atoms with Gasteiger partial charge in [-0.25, -0.2) is 0 Å². The van der Waals surface area contributed by atoms with Crippen molar-refractivity contribution in [1.82, 2.24) is 0 Å². The lowest BCUT2D eigenvalue weighted by molar-refractivity contribution is 0.100. The van der Waals surface area contributed by atoms with Crippen LogP contribution in [0, 0.1) is 6.92 Å². The number of hydrogen-bond donors (Lipinski definition) is 2. The fraction of sp³-hybridized carbons (Fsp3) is 0.333. The number of nitrogens with two attached hydrogens (primary N) is 1. The van der Waals surface area contributed by atoms with E-state index in [9.17, 15) is 9.59 Å². The van der Waals surface area contributed by atoms with Crippen LogP contribution in [-0.4, -0.2) is 17.9 Å². The standard InChI is InChI=1S/C18H21BrN2O3S/c1-5-12-10(4)25-18(15(12)16(20)22)21-17(23)11-6-7-14(13(19)8-11)24-9(2)3/h6-9H,5H2,1-4H3,(H2,20,22)(H,21,23). The van der Waals surface area contributed by atoms with Gasteiger partial charge in [-0.3, -0.25) is 9.59 Å². The van der Waals surface area contributed by atoms with Gasteiger partial charge in [-0.05, 0) is 66.9 Å². The maximum Gasteiger partial charge on any atom is 0.256 e. The Labute approximate surface area is 159 Å². The van der Waals surface area contributed by atoms with Crippen LogP contribution in [0.2, 0.25) is 0 Å². The SMILES string of the molecule is CCc1c(C)sc(NC(=O)c2ccc(OC(C)C)c(Br)c2)c1C(N)=O. The summed E-state index contributed by atoms with van der Waals surface area (Å²) >= 11 is 4.78. The van der Waals surface area contributed by atoms with Crippen molar-refractivity contribution < 1.29 is 14.3 Å². The number of halogens is 1. The maximum absolute atomic E-state index is 12.6. The van der Waals surface area contributed by atoms with Gasteiger partial charge in [0.25, 0.3) is 11.8 Å². The molecule has 1 aromatic carbocycles. The highest BCUT2D eigenvalue weighted by atomic mass is 79.9. The zero-order chi connectivity index (χ0) is 18.7. The number of anilines is 1. The number of nitrogens with one attached hydrogen (secondary N) is 1. The Kier molecular flexibility index (Phi) is 6.24. The maximum atomic E-state index is 12.6. The highest BCUT2D eigenvalue weighted by molar-refractivity contribution is 9.10. The molecule has 0 radical (unpaired) electrons. The first-order valence-electron chi connectivity index (χ1n) is 7.94. The Balaban J connectivity index is 2.29. The molecule has 2 rings (SSSR count). The number of amides is 2. The summed E-state index contributed by atoms with van der Waals surface area (Å²) in [4.78, 5) is 25.3. The molecule has 3 N–H and O–H groups in total. The molecule has 25 heavy (non-hydrogen) atoms. The molecule has 1 aromatic heterocycles. The van der Waals surface area contributed by atoms with E-state index in [1.54, 1.807) is 18.2 Å². The number of carbonyl (C=O) groups excluding carboxylic acids is 2. The molecule has 2 aromatic rings. The number of carbonyl (C=O) groups is 2. The Morgan fingerprint density at radius 3 is 2.56 bits per heavy atom. The van der Waals surface area contributed by atoms with Gasteiger partial charge in [0.05, 0.1) is 16.1 Å². The van der Waals surface area contributed by atoms with Crippen LogP contribution in [0.15, 0.2) is 22.7 Å². The van der Waals surface area contributed by atoms with Crippen molar-refractivity contribution in [3.63, 3.8) is 0 Å². The lowest BCUT2D eigenvalue weighted by Crippen LogP contribution is -2.18. The van der Waals surface area contributed by atoms with E-state index in [0.717, 1.165) is 10.4 Å². The minimum absolute atomic E-state index is 0.0376. The van der Waals surface area contributed by atoms with Gasteiger partial charge in [0.1, 0.15) is 10.8 Å². The van der Waals surface area contributed by atoms with Crippen LogP contribution in [0.25, 0.3) is 0 Å². The van der Waals surface area contributed by atoms with Crippen molar-refractivity contribution in [1.29, 1.82) is 0 Å². The molecular formula is C18H21BrN2O3S. The first-order chi connectivity index (χ1) is 11.7. The van der Waals surface area contributed by atoms with Gasteiger partial charge in [0.2, 0.25) is 0 Å². The molecule has 0 aliphatic rings. The third kappa shape index (κ3) is 4.41. The van der Waals surface area contributed by atoms with Crippen LogP contribution in [0.5, 0.6) is 5.75 Å². The Morgan fingerprint density at radius 1 is 1.36 bits per heavy atom. The summed E-state index contributed by atoms with van der Waals surface area (Å²) in [6, 6.07) is 5.12. The molecule has 0 saturated heterocycles. The molecule has 0 unspecified atom stereocenters. The number of benzene rings is 1. The summed E-state index contributed by atoms with van der Waals surface area (Å²) in [6.07, 6.45) is 0.721. The van der Waals surface area contributed by atoms with E-state index in [2.05, 4.69) is 21.2 Å². The van der Waals surface area contributed by atoms with Gasteiger partial charge in [-0.2, -0.15) is 0 Å². The van der Waals surface area contributed by atoms with Crippen molar-refractivity contribution in [2.75, 3.05) is 5.32 Å². The molecule has 1 heterocycles. The van der Waals surface area contributed by atoms with E-state index < -0.39 is 5.91 Å². The van der Waals surface area contributed by atoms with Crippen molar-refractivity contribution in [3.8, 4) is 5.75 Å². The molecule has 0 spiro atoms. The monoisotopic (exact) mass is 424 g/mol. The summed E-state index contributed by atoms with van der Waals surface area (Å²) in [5.41, 5.74) is 7.25. The summed E-state index contributed by atoms with van der Waals surface area (Å²) in [6.45, 7) is 7.74. The average molecular weight is 425 g/mol. The van der Waals surface area contributed by atoms with Crippen LogP contribution in [0.4, 0.5) is 5.00 Å². The van der Waals surface area contributed by atoms with Crippen LogP contribution in [0.3, 0.4) is 0 Å². The quantitative estimate of drug-likeness (QED) is 0.714. The largest absolute Gasteiger partial charge is 0.490 e. The van der Waals surface area contributed by atoms with E-state index in [1.165, 1.54) is 11.3 Å². The third-order valence-corrected chi connectivity index (χ3v) is 5.28. The van der Waals surface area contributed by atoms with Crippen molar-refractivity contribution in [2.45, 2.75) is 40.2 Å². The molecule has 0 aliphatic heterocycles. The first-order valence-corrected chi connectivity index (χ1v) is 9.55. The van der Waals surface area contributed by atoms with Crippen molar-refractivity contribution >= 4 is 44.1 Å². The predicted octanol–water partition coefficient (Wildman–Crippen LogP) is 4.52. The molecule has 0 aliphatic carbocycles. The first kappa shape index (κ1) is 19.5. The number of rotatable bonds is 6. The van der Waals surface area contributed by atoms with Crippen LogP contribution < -0.4 is 15.8 Å². The lowest BCUT2D eigenvalue weighted by atomic mass is 10.1. The molecular weight excluding hydrogens is 404 g/mol. The molecule has 134 valence electrons. The molecule has 5 nitrogen and oxygen atoms in total. The predicted molar refractivity (Wildman–Crippen MR) is 105 cm³/mol. The number of primary amides is 1. The van der Waals surface area contributed by atoms with Crippen molar-refractivity contribution in [3.05, 3.63) is 44.2 Å². The number of thiophene rings is 1. The summed E-state index contributed by atoms with van der Waals surface area (Å²) in [5.74, 6) is -0.161. The van der Waals surface area contributed by atoms with Gasteiger partial charge >= 0.3 is 0 Å². The zero-order valence-electron chi connectivity index (χ0n) is 14.6. The molecule has 7 heteroatoms. The second-order valence-electron chi connectivity index (χ2n) is 5.82. The minimum Gasteiger partial charge on any atom is -0.490 e. The van der Waals surface area contributed by atoms with Gasteiger partial charge < -0.3 is 15.8 Å². The number of aryl methyl sites for hydroxylation is 1. The number of hydrogen-bond acceptors (Lipinski definition) is 4. The number of ether oxygens (including phenoxy) is 1. The average Bonchev–Trinajstić information content (AvgIpc) is 2.84. The van der Waals surface area contributed by atoms with Crippen LogP contribution in [-0.2, 0) is 6.42 Å². The second-order valence-corrected chi connectivity index (χ2v) is 7.90. The molecule has 0 fully saturated rings. The van der Waals surface area contributed by atoms with Gasteiger partial charge in [0.15, 0.2) is 0 Å². The normalized spacial score (nSPS) is 10.8. The van der Waals surface area contributed by atoms with Gasteiger partial charge in [-0.1, -0.05) is 6.92 Å². The topological polar surface area (TPSA) is 81.4 Å². The van der Waals surface area contributed by atoms with E-state index in [4.69, 9.17) is 10.5 Å². The smallest absolute Gasteiger partial charge is 0.256 e. The Hall–Kier alpha value is -1.86. The summed E-state index contributed by atoms with van der Waals surface area (Å²) in [5, 5.41) is 3.30. The van der Waals surface area contributed by atoms with Crippen LogP contribution in [0.1, 0.15) is 51.9 Å². The van der Waals surface area contributed by atoms with E-state index in [-0.39, 0.29) is 12.0 Å². The van der Waals surface area contributed by atoms with E-state index in [0.29, 0.717) is 32.8 Å². The van der Waals surface area contributed by atoms with Crippen LogP contribution >= 0.6 is 27.3 Å². The lowest BCUT2D eigenvalue weighted by Gasteiger charge is -2.12. The van der Waals surface area contributed by atoms with E-state index >= 15 is 0 Å². The van der Waals surface area contributed by atoms with Gasteiger partial charge in [-0.15, -0.1) is 11.3 Å². The molecule has 0 atom stereocenters. The highest BCUT2D eigenvalue weighted by Gasteiger charge is 2.21. The van der Waals surface area contributed by atoms with Gasteiger partial charge in [0, 0.05) is 10.4 Å². The Morgan fingerprint density at radius 2 is 2.04 bits per heavy atom. The fourth-order valence-corrected chi connectivity index (χ4v) is 4.14. The second kappa shape index (κ2) is 8.01. The summed E-state index contributed by atoms with van der Waals surface area (Å²) < 4.78 is 6.34. The minimum atomic E-state index is -0.529. The molecule has 0 saturated carbocycles.